The molecule has 1 aliphatic rings. The maximum atomic E-state index is 6.58. The van der Waals surface area contributed by atoms with Gasteiger partial charge < -0.3 is 14.8 Å². The minimum Gasteiger partial charge on any atom is -0.490 e. The molecular weight excluding hydrogens is 370 g/mol. The molecule has 3 nitrogen and oxygen atoms in total. The SMILES string of the molecule is CCOc1cc(CNC2CCCCCCC2)c(Cl)cc1OCc1ccccc1. The van der Waals surface area contributed by atoms with E-state index in [1.807, 2.05) is 37.3 Å². The second-order valence-electron chi connectivity index (χ2n) is 7.52. The number of rotatable bonds is 8. The highest BCUT2D eigenvalue weighted by Crippen LogP contribution is 2.34. The Morgan fingerprint density at radius 1 is 0.929 bits per heavy atom. The molecule has 0 aromatic heterocycles. The van der Waals surface area contributed by atoms with Gasteiger partial charge in [0.1, 0.15) is 6.61 Å². The summed E-state index contributed by atoms with van der Waals surface area (Å²) in [6.07, 6.45) is 9.27. The molecule has 3 rings (SSSR count). The van der Waals surface area contributed by atoms with Crippen LogP contribution >= 0.6 is 11.6 Å². The molecule has 0 radical (unpaired) electrons. The smallest absolute Gasteiger partial charge is 0.163 e. The second-order valence-corrected chi connectivity index (χ2v) is 7.93. The third kappa shape index (κ3) is 6.42. The molecule has 1 N–H and O–H groups in total. The van der Waals surface area contributed by atoms with Crippen molar-refractivity contribution in [2.75, 3.05) is 6.61 Å². The van der Waals surface area contributed by atoms with Crippen LogP contribution in [0.15, 0.2) is 42.5 Å². The van der Waals surface area contributed by atoms with E-state index in [4.69, 9.17) is 21.1 Å². The predicted octanol–water partition coefficient (Wildman–Crippen LogP) is 6.52. The monoisotopic (exact) mass is 401 g/mol. The van der Waals surface area contributed by atoms with Gasteiger partial charge in [-0.1, -0.05) is 74.0 Å². The number of hydrogen-bond acceptors (Lipinski definition) is 3. The van der Waals surface area contributed by atoms with Crippen LogP contribution in [0.3, 0.4) is 0 Å². The lowest BCUT2D eigenvalue weighted by Gasteiger charge is -2.22. The summed E-state index contributed by atoms with van der Waals surface area (Å²) in [7, 11) is 0. The first-order chi connectivity index (χ1) is 13.8. The molecule has 2 aromatic rings. The van der Waals surface area contributed by atoms with E-state index in [0.717, 1.165) is 28.4 Å². The van der Waals surface area contributed by atoms with Crippen molar-refractivity contribution in [1.82, 2.24) is 5.32 Å². The number of hydrogen-bond donors (Lipinski definition) is 1. The van der Waals surface area contributed by atoms with Crippen molar-refractivity contribution < 1.29 is 9.47 Å². The molecule has 1 saturated carbocycles. The maximum Gasteiger partial charge on any atom is 0.163 e. The van der Waals surface area contributed by atoms with Crippen LogP contribution in [0.25, 0.3) is 0 Å². The van der Waals surface area contributed by atoms with Crippen LogP contribution in [-0.2, 0) is 13.2 Å². The van der Waals surface area contributed by atoms with Gasteiger partial charge in [0.25, 0.3) is 0 Å². The number of halogens is 1. The molecular formula is C24H32ClNO2. The van der Waals surface area contributed by atoms with Gasteiger partial charge in [0.2, 0.25) is 0 Å². The van der Waals surface area contributed by atoms with E-state index in [0.29, 0.717) is 25.0 Å². The lowest BCUT2D eigenvalue weighted by molar-refractivity contribution is 0.269. The summed E-state index contributed by atoms with van der Waals surface area (Å²) in [4.78, 5) is 0. The van der Waals surface area contributed by atoms with Crippen LogP contribution in [0.1, 0.15) is 63.0 Å². The van der Waals surface area contributed by atoms with E-state index in [1.54, 1.807) is 0 Å². The van der Waals surface area contributed by atoms with Gasteiger partial charge >= 0.3 is 0 Å². The quantitative estimate of drug-likeness (QED) is 0.546. The molecule has 0 amide bonds. The summed E-state index contributed by atoms with van der Waals surface area (Å²) in [5.41, 5.74) is 2.19. The molecule has 0 atom stereocenters. The fraction of sp³-hybridized carbons (Fsp3) is 0.500. The highest BCUT2D eigenvalue weighted by atomic mass is 35.5. The summed E-state index contributed by atoms with van der Waals surface area (Å²) >= 11 is 6.58. The van der Waals surface area contributed by atoms with E-state index < -0.39 is 0 Å². The summed E-state index contributed by atoms with van der Waals surface area (Å²) < 4.78 is 11.8. The summed E-state index contributed by atoms with van der Waals surface area (Å²) in [6.45, 7) is 3.85. The Balaban J connectivity index is 1.65. The van der Waals surface area contributed by atoms with Crippen molar-refractivity contribution in [1.29, 1.82) is 0 Å². The van der Waals surface area contributed by atoms with E-state index in [1.165, 1.54) is 44.9 Å². The summed E-state index contributed by atoms with van der Waals surface area (Å²) in [6, 6.07) is 14.6. The number of ether oxygens (including phenoxy) is 2. The Bertz CT molecular complexity index is 712. The van der Waals surface area contributed by atoms with Crippen molar-refractivity contribution >= 4 is 11.6 Å². The Labute approximate surface area is 174 Å². The third-order valence-electron chi connectivity index (χ3n) is 5.34. The molecule has 2 aromatic carbocycles. The Morgan fingerprint density at radius 3 is 2.32 bits per heavy atom. The zero-order valence-electron chi connectivity index (χ0n) is 16.9. The summed E-state index contributed by atoms with van der Waals surface area (Å²) in [5, 5.41) is 4.44. The van der Waals surface area contributed by atoms with Gasteiger partial charge in [0, 0.05) is 23.7 Å². The summed E-state index contributed by atoms with van der Waals surface area (Å²) in [5.74, 6) is 1.46. The normalized spacial score (nSPS) is 15.6. The van der Waals surface area contributed by atoms with Crippen molar-refractivity contribution in [3.8, 4) is 11.5 Å². The van der Waals surface area contributed by atoms with E-state index in [2.05, 4.69) is 17.4 Å². The maximum absolute atomic E-state index is 6.58. The average Bonchev–Trinajstić information content (AvgIpc) is 2.69. The molecule has 152 valence electrons. The fourth-order valence-corrected chi connectivity index (χ4v) is 3.96. The van der Waals surface area contributed by atoms with Crippen LogP contribution in [0.4, 0.5) is 0 Å². The Hall–Kier alpha value is -1.71. The lowest BCUT2D eigenvalue weighted by atomic mass is 9.96. The molecule has 0 heterocycles. The van der Waals surface area contributed by atoms with Crippen molar-refractivity contribution in [3.05, 3.63) is 58.6 Å². The van der Waals surface area contributed by atoms with Crippen molar-refractivity contribution in [2.24, 2.45) is 0 Å². The highest BCUT2D eigenvalue weighted by Gasteiger charge is 2.15. The van der Waals surface area contributed by atoms with Crippen LogP contribution in [0, 0.1) is 0 Å². The van der Waals surface area contributed by atoms with Gasteiger partial charge in [-0.2, -0.15) is 0 Å². The van der Waals surface area contributed by atoms with E-state index >= 15 is 0 Å². The Kier molecular flexibility index (Phi) is 8.50. The third-order valence-corrected chi connectivity index (χ3v) is 5.69. The van der Waals surface area contributed by atoms with Crippen LogP contribution < -0.4 is 14.8 Å². The van der Waals surface area contributed by atoms with Gasteiger partial charge in [0.05, 0.1) is 6.61 Å². The molecule has 4 heteroatoms. The minimum absolute atomic E-state index is 0.497. The zero-order valence-corrected chi connectivity index (χ0v) is 17.6. The standard InChI is InChI=1S/C24H32ClNO2/c1-2-27-23-15-20(17-26-21-13-9-4-3-5-10-14-21)22(25)16-24(23)28-18-19-11-7-6-8-12-19/h6-8,11-12,15-16,21,26H,2-5,9-10,13-14,17-18H2,1H3. The molecule has 0 unspecified atom stereocenters. The first-order valence-corrected chi connectivity index (χ1v) is 11.0. The van der Waals surface area contributed by atoms with E-state index in [-0.39, 0.29) is 0 Å². The molecule has 0 bridgehead atoms. The highest BCUT2D eigenvalue weighted by molar-refractivity contribution is 6.31. The average molecular weight is 402 g/mol. The molecule has 28 heavy (non-hydrogen) atoms. The number of benzene rings is 2. The van der Waals surface area contributed by atoms with Crippen molar-refractivity contribution in [3.63, 3.8) is 0 Å². The molecule has 0 spiro atoms. The topological polar surface area (TPSA) is 30.5 Å². The largest absolute Gasteiger partial charge is 0.490 e. The number of nitrogens with one attached hydrogen (secondary N) is 1. The van der Waals surface area contributed by atoms with Crippen molar-refractivity contribution in [2.45, 2.75) is 71.1 Å². The molecule has 0 saturated heterocycles. The van der Waals surface area contributed by atoms with Crippen LogP contribution in [0.2, 0.25) is 5.02 Å². The van der Waals surface area contributed by atoms with Crippen LogP contribution in [0.5, 0.6) is 11.5 Å². The van der Waals surface area contributed by atoms with Gasteiger partial charge in [-0.05, 0) is 37.0 Å². The van der Waals surface area contributed by atoms with Crippen LogP contribution in [-0.4, -0.2) is 12.6 Å². The second kappa shape index (κ2) is 11.3. The lowest BCUT2D eigenvalue weighted by Crippen LogP contribution is -2.29. The first-order valence-electron chi connectivity index (χ1n) is 10.6. The van der Waals surface area contributed by atoms with Gasteiger partial charge in [-0.15, -0.1) is 0 Å². The first kappa shape index (κ1) is 21.0. The van der Waals surface area contributed by atoms with Gasteiger partial charge in [-0.3, -0.25) is 0 Å². The minimum atomic E-state index is 0.497. The zero-order chi connectivity index (χ0) is 19.6. The Morgan fingerprint density at radius 2 is 1.61 bits per heavy atom. The molecule has 1 aliphatic carbocycles. The predicted molar refractivity (Wildman–Crippen MR) is 116 cm³/mol. The van der Waals surface area contributed by atoms with Gasteiger partial charge in [-0.25, -0.2) is 0 Å². The van der Waals surface area contributed by atoms with Gasteiger partial charge in [0.15, 0.2) is 11.5 Å². The molecule has 0 aliphatic heterocycles. The fourth-order valence-electron chi connectivity index (χ4n) is 3.74. The van der Waals surface area contributed by atoms with E-state index in [9.17, 15) is 0 Å². The molecule has 1 fully saturated rings.